The molecule has 2 atom stereocenters. The van der Waals surface area contributed by atoms with Crippen molar-refractivity contribution in [3.8, 4) is 0 Å². The summed E-state index contributed by atoms with van der Waals surface area (Å²) in [4.78, 5) is 87.1. The van der Waals surface area contributed by atoms with Crippen LogP contribution in [0.3, 0.4) is 0 Å². The molecule has 8 rings (SSSR count). The monoisotopic (exact) mass is 900 g/mol. The Bertz CT molecular complexity index is 2790. The number of nitrogens with one attached hydrogen (secondary N) is 2. The van der Waals surface area contributed by atoms with Crippen molar-refractivity contribution in [2.45, 2.75) is 25.5 Å². The van der Waals surface area contributed by atoms with Crippen LogP contribution < -0.4 is 20.4 Å². The summed E-state index contributed by atoms with van der Waals surface area (Å²) in [5.74, 6) is -3.05. The summed E-state index contributed by atoms with van der Waals surface area (Å²) in [7, 11) is 1.25. The zero-order valence-electron chi connectivity index (χ0n) is 36.1. The number of carboxylic acids is 1. The molecule has 0 bridgehead atoms. The zero-order valence-corrected chi connectivity index (χ0v) is 36.1. The Morgan fingerprint density at radius 3 is 1.27 bits per heavy atom. The first-order valence-electron chi connectivity index (χ1n) is 20.9. The average Bonchev–Trinajstić information content (AvgIpc) is 3.54. The van der Waals surface area contributed by atoms with Crippen molar-refractivity contribution in [2.24, 2.45) is 9.98 Å². The molecule has 6 aromatic carbocycles. The van der Waals surface area contributed by atoms with Crippen LogP contribution in [0.2, 0.25) is 0 Å². The van der Waals surface area contributed by atoms with Crippen LogP contribution in [-0.4, -0.2) is 85.0 Å². The van der Waals surface area contributed by atoms with Crippen LogP contribution in [0.15, 0.2) is 180 Å². The number of benzene rings is 6. The maximum atomic E-state index is 13.5. The first-order valence-corrected chi connectivity index (χ1v) is 20.9. The second kappa shape index (κ2) is 22.1. The van der Waals surface area contributed by atoms with Crippen LogP contribution in [0.5, 0.6) is 0 Å². The summed E-state index contributed by atoms with van der Waals surface area (Å²) in [6.45, 7) is -0.858. The van der Waals surface area contributed by atoms with Gasteiger partial charge in [-0.1, -0.05) is 158 Å². The van der Waals surface area contributed by atoms with E-state index in [9.17, 15) is 33.9 Å². The highest BCUT2D eigenvalue weighted by atomic mass is 16.6. The maximum Gasteiger partial charge on any atom is 0.409 e. The quantitative estimate of drug-likeness (QED) is 0.0898. The van der Waals surface area contributed by atoms with Crippen LogP contribution in [0.25, 0.3) is 0 Å². The first kappa shape index (κ1) is 46.1. The highest BCUT2D eigenvalue weighted by molar-refractivity contribution is 6.22. The Labute approximate surface area is 385 Å². The minimum atomic E-state index is -1.37. The van der Waals surface area contributed by atoms with E-state index in [2.05, 4.69) is 20.6 Å². The lowest BCUT2D eigenvalue weighted by Crippen LogP contribution is -2.49. The van der Waals surface area contributed by atoms with E-state index in [-0.39, 0.29) is 19.8 Å². The van der Waals surface area contributed by atoms with Crippen LogP contribution in [-0.2, 0) is 46.6 Å². The molecule has 0 saturated carbocycles. The number of carboxylic acid groups (broad SMARTS) is 1. The number of anilines is 2. The van der Waals surface area contributed by atoms with E-state index in [0.717, 1.165) is 27.2 Å². The number of alkyl carbamates (subject to hydrolysis) is 2. The minimum Gasteiger partial charge on any atom is -0.480 e. The second-order valence-electron chi connectivity index (χ2n) is 14.8. The van der Waals surface area contributed by atoms with Gasteiger partial charge in [0.2, 0.25) is 12.3 Å². The number of methoxy groups -OCH3 is 1. The Kier molecular flexibility index (Phi) is 15.2. The SMILES string of the molecule is COC(=O)CN1C(=O)C(NC(=O)OCc2ccccc2)N=C(c2ccccc2)c2ccccc21.O=C(O)CN1C(=O)C(NC(=O)OCc2ccccc2)N=C(c2ccccc2)c2ccccc21. The van der Waals surface area contributed by atoms with Crippen LogP contribution in [0.1, 0.15) is 33.4 Å². The van der Waals surface area contributed by atoms with Crippen LogP contribution in [0, 0.1) is 0 Å². The van der Waals surface area contributed by atoms with Crippen molar-refractivity contribution < 1.29 is 48.1 Å². The van der Waals surface area contributed by atoms with E-state index in [4.69, 9.17) is 14.2 Å². The lowest BCUT2D eigenvalue weighted by atomic mass is 10.0. The number of para-hydroxylation sites is 2. The van der Waals surface area contributed by atoms with E-state index in [1.54, 1.807) is 48.5 Å². The van der Waals surface area contributed by atoms with Gasteiger partial charge in [0.15, 0.2) is 0 Å². The molecule has 67 heavy (non-hydrogen) atoms. The summed E-state index contributed by atoms with van der Waals surface area (Å²) >= 11 is 0. The number of esters is 1. The van der Waals surface area contributed by atoms with E-state index in [1.165, 1.54) is 12.0 Å². The molecular formula is C51H44N6O10. The molecule has 0 fully saturated rings. The van der Waals surface area contributed by atoms with Gasteiger partial charge in [-0.15, -0.1) is 0 Å². The lowest BCUT2D eigenvalue weighted by molar-refractivity contribution is -0.140. The van der Waals surface area contributed by atoms with Gasteiger partial charge in [-0.05, 0) is 23.3 Å². The number of amides is 4. The standard InChI is InChI=1S/C26H23N3O5.C25H21N3O5/c1-33-22(30)16-29-21-15-9-8-14-20(21)23(19-12-6-3-7-13-19)27-24(25(29)31)28-26(32)34-17-18-10-4-2-5-11-18;29-21(30)15-28-20-14-8-7-13-19(20)22(18-11-5-2-6-12-18)26-23(24(28)31)27-25(32)33-16-17-9-3-1-4-10-17/h2-15,24H,16-17H2,1H3,(H,28,32);1-14,23H,15-16H2,(H,27,32)(H,29,30). The number of carbonyl (C=O) groups is 6. The van der Waals surface area contributed by atoms with Gasteiger partial charge < -0.3 is 19.3 Å². The molecule has 2 aliphatic rings. The number of rotatable bonds is 12. The maximum absolute atomic E-state index is 13.5. The number of aliphatic imine (C=N–C) groups is 2. The highest BCUT2D eigenvalue weighted by Crippen LogP contribution is 2.30. The third kappa shape index (κ3) is 11.8. The predicted molar refractivity (Wildman–Crippen MR) is 249 cm³/mol. The van der Waals surface area contributed by atoms with E-state index in [1.807, 2.05) is 121 Å². The van der Waals surface area contributed by atoms with Gasteiger partial charge >= 0.3 is 24.1 Å². The number of benzodiazepines with no additional fused rings is 2. The number of nitrogens with zero attached hydrogens (tertiary/aromatic N) is 4. The molecule has 0 saturated heterocycles. The molecule has 16 nitrogen and oxygen atoms in total. The number of fused-ring (bicyclic) bond motifs is 2. The molecule has 3 N–H and O–H groups in total. The molecule has 0 aromatic heterocycles. The molecule has 16 heteroatoms. The minimum absolute atomic E-state index is 0.0158. The number of aliphatic carboxylic acids is 1. The number of hydrogen-bond acceptors (Lipinski definition) is 11. The van der Waals surface area contributed by atoms with E-state index >= 15 is 0 Å². The summed E-state index contributed by atoms with van der Waals surface area (Å²) in [5, 5.41) is 14.4. The fourth-order valence-electron chi connectivity index (χ4n) is 7.11. The van der Waals surface area contributed by atoms with E-state index < -0.39 is 54.8 Å². The van der Waals surface area contributed by atoms with Gasteiger partial charge in [-0.2, -0.15) is 0 Å². The lowest BCUT2D eigenvalue weighted by Gasteiger charge is -2.24. The van der Waals surface area contributed by atoms with Gasteiger partial charge in [0.1, 0.15) is 26.3 Å². The molecule has 2 unspecified atom stereocenters. The molecule has 0 radical (unpaired) electrons. The molecule has 0 aliphatic carbocycles. The topological polar surface area (TPSA) is 206 Å². The fourth-order valence-corrected chi connectivity index (χ4v) is 7.11. The fraction of sp³-hybridized carbons (Fsp3) is 0.137. The second-order valence-corrected chi connectivity index (χ2v) is 14.8. The number of hydrogen-bond donors (Lipinski definition) is 3. The van der Waals surface area contributed by atoms with Crippen molar-refractivity contribution in [1.29, 1.82) is 0 Å². The average molecular weight is 901 g/mol. The Balaban J connectivity index is 0.000000199. The Morgan fingerprint density at radius 2 is 0.881 bits per heavy atom. The zero-order chi connectivity index (χ0) is 47.1. The van der Waals surface area contributed by atoms with Crippen molar-refractivity contribution in [1.82, 2.24) is 10.6 Å². The molecule has 0 spiro atoms. The van der Waals surface area contributed by atoms with Gasteiger partial charge in [-0.3, -0.25) is 39.6 Å². The first-order chi connectivity index (χ1) is 32.6. The van der Waals surface area contributed by atoms with Crippen LogP contribution >= 0.6 is 0 Å². The summed E-state index contributed by atoms with van der Waals surface area (Å²) in [5.41, 5.74) is 6.15. The summed E-state index contributed by atoms with van der Waals surface area (Å²) in [6.07, 6.45) is -4.32. The van der Waals surface area contributed by atoms with Gasteiger partial charge in [-0.25, -0.2) is 19.6 Å². The Hall–Kier alpha value is -8.92. The normalized spacial score (nSPS) is 15.1. The third-order valence-corrected chi connectivity index (χ3v) is 10.3. The van der Waals surface area contributed by atoms with Crippen molar-refractivity contribution in [3.63, 3.8) is 0 Å². The molecule has 4 amide bonds. The molecule has 2 heterocycles. The third-order valence-electron chi connectivity index (χ3n) is 10.3. The molecular weight excluding hydrogens is 857 g/mol. The number of carbonyl (C=O) groups excluding carboxylic acids is 5. The largest absolute Gasteiger partial charge is 0.480 e. The predicted octanol–water partition coefficient (Wildman–Crippen LogP) is 6.50. The van der Waals surface area contributed by atoms with Crippen LogP contribution in [0.4, 0.5) is 21.0 Å². The van der Waals surface area contributed by atoms with Gasteiger partial charge in [0.05, 0.1) is 29.9 Å². The summed E-state index contributed by atoms with van der Waals surface area (Å²) < 4.78 is 15.3. The van der Waals surface area contributed by atoms with Gasteiger partial charge in [0, 0.05) is 22.3 Å². The van der Waals surface area contributed by atoms with Crippen molar-refractivity contribution >= 4 is 58.7 Å². The smallest absolute Gasteiger partial charge is 0.409 e. The van der Waals surface area contributed by atoms with Gasteiger partial charge in [0.25, 0.3) is 11.8 Å². The Morgan fingerprint density at radius 1 is 0.522 bits per heavy atom. The number of ether oxygens (including phenoxy) is 3. The van der Waals surface area contributed by atoms with Crippen molar-refractivity contribution in [3.05, 3.63) is 203 Å². The molecule has 2 aliphatic heterocycles. The van der Waals surface area contributed by atoms with Crippen molar-refractivity contribution in [2.75, 3.05) is 30.0 Å². The highest BCUT2D eigenvalue weighted by Gasteiger charge is 2.36. The molecule has 338 valence electrons. The van der Waals surface area contributed by atoms with E-state index in [0.29, 0.717) is 33.9 Å². The molecule has 6 aromatic rings. The summed E-state index contributed by atoms with van der Waals surface area (Å²) in [6, 6.07) is 50.8.